The summed E-state index contributed by atoms with van der Waals surface area (Å²) >= 11 is 5.65. The number of hydrogen-bond acceptors (Lipinski definition) is 5. The molecule has 12 heteroatoms. The van der Waals surface area contributed by atoms with Crippen molar-refractivity contribution in [3.05, 3.63) is 118 Å². The number of alkyl halides is 3. The quantitative estimate of drug-likeness (QED) is 0.136. The molecule has 1 N–H and O–H groups in total. The molecular weight excluding hydrogens is 543 g/mol. The number of methoxy groups -OCH3 is 1. The van der Waals surface area contributed by atoms with Crippen LogP contribution in [0.25, 0.3) is 0 Å². The van der Waals surface area contributed by atoms with Gasteiger partial charge in [0.15, 0.2) is 5.11 Å². The van der Waals surface area contributed by atoms with Crippen LogP contribution in [0.15, 0.2) is 85.3 Å². The molecule has 0 spiro atoms. The van der Waals surface area contributed by atoms with Crippen LogP contribution in [0.1, 0.15) is 22.4 Å². The van der Waals surface area contributed by atoms with Gasteiger partial charge in [0.2, 0.25) is 0 Å². The predicted octanol–water partition coefficient (Wildman–Crippen LogP) is 6.31. The second-order valence-corrected chi connectivity index (χ2v) is 9.31. The van der Waals surface area contributed by atoms with Crippen molar-refractivity contribution in [2.45, 2.75) is 25.7 Å². The average molecular weight is 570 g/mol. The fourth-order valence-corrected chi connectivity index (χ4v) is 4.41. The number of nitro groups is 1. The number of nitrogens with zero attached hydrogens (tertiary/aromatic N) is 4. The topological polar surface area (TPSA) is 85.5 Å². The maximum absolute atomic E-state index is 13.7. The van der Waals surface area contributed by atoms with E-state index in [0.717, 1.165) is 17.3 Å². The molecule has 0 aliphatic rings. The first-order valence-electron chi connectivity index (χ1n) is 12.2. The van der Waals surface area contributed by atoms with E-state index in [-0.39, 0.29) is 22.9 Å². The molecule has 0 aliphatic heterocycles. The number of aromatic nitrogens is 2. The van der Waals surface area contributed by atoms with Crippen molar-refractivity contribution in [2.75, 3.05) is 19.0 Å². The summed E-state index contributed by atoms with van der Waals surface area (Å²) in [6.45, 7) is 0.674. The number of benzene rings is 3. The summed E-state index contributed by atoms with van der Waals surface area (Å²) in [7, 11) is 1.55. The summed E-state index contributed by atoms with van der Waals surface area (Å²) in [4.78, 5) is 16.4. The number of imidazole rings is 1. The highest BCUT2D eigenvalue weighted by molar-refractivity contribution is 7.80. The number of non-ortho nitro benzene ring substituents is 1. The fraction of sp³-hybridized carbons (Fsp3) is 0.214. The number of thiocarbonyl (C=S) groups is 1. The fourth-order valence-electron chi connectivity index (χ4n) is 4.14. The van der Waals surface area contributed by atoms with Crippen molar-refractivity contribution in [1.82, 2.24) is 14.5 Å². The van der Waals surface area contributed by atoms with Crippen molar-refractivity contribution in [1.29, 1.82) is 0 Å². The Morgan fingerprint density at radius 1 is 1.10 bits per heavy atom. The lowest BCUT2D eigenvalue weighted by atomic mass is 10.1. The van der Waals surface area contributed by atoms with Crippen molar-refractivity contribution in [3.8, 4) is 5.75 Å². The van der Waals surface area contributed by atoms with Crippen molar-refractivity contribution in [3.63, 3.8) is 0 Å². The molecule has 0 fully saturated rings. The normalized spacial score (nSPS) is 11.2. The van der Waals surface area contributed by atoms with E-state index in [9.17, 15) is 23.3 Å². The summed E-state index contributed by atoms with van der Waals surface area (Å²) in [5, 5.41) is 14.3. The zero-order valence-corrected chi connectivity index (χ0v) is 22.3. The summed E-state index contributed by atoms with van der Waals surface area (Å²) in [5.41, 5.74) is 1.74. The van der Waals surface area contributed by atoms with E-state index in [1.54, 1.807) is 67.0 Å². The molecule has 208 valence electrons. The van der Waals surface area contributed by atoms with Crippen molar-refractivity contribution >= 4 is 28.7 Å². The van der Waals surface area contributed by atoms with E-state index in [2.05, 4.69) is 10.3 Å². The molecule has 0 saturated carbocycles. The molecule has 0 bridgehead atoms. The first-order chi connectivity index (χ1) is 19.1. The van der Waals surface area contributed by atoms with Gasteiger partial charge in [0.05, 0.1) is 23.9 Å². The minimum atomic E-state index is -4.50. The first kappa shape index (κ1) is 28.6. The SMILES string of the molecule is COc1ccc(NC(=S)N(CCc2cncn2Cc2ccc([N+](=O)[O-])cc2)Cc2ccccc2C(F)(F)F)cc1. The highest BCUT2D eigenvalue weighted by Gasteiger charge is 2.33. The second kappa shape index (κ2) is 12.6. The van der Waals surface area contributed by atoms with Gasteiger partial charge in [-0.3, -0.25) is 10.1 Å². The zero-order valence-electron chi connectivity index (χ0n) is 21.5. The molecule has 0 amide bonds. The maximum Gasteiger partial charge on any atom is 0.416 e. The highest BCUT2D eigenvalue weighted by Crippen LogP contribution is 2.32. The van der Waals surface area contributed by atoms with Gasteiger partial charge in [-0.05, 0) is 53.7 Å². The lowest BCUT2D eigenvalue weighted by molar-refractivity contribution is -0.384. The summed E-state index contributed by atoms with van der Waals surface area (Å²) < 4.78 is 48.3. The van der Waals surface area contributed by atoms with Crippen LogP contribution in [0.4, 0.5) is 24.5 Å². The van der Waals surface area contributed by atoms with E-state index < -0.39 is 16.7 Å². The molecule has 4 rings (SSSR count). The van der Waals surface area contributed by atoms with E-state index in [1.165, 1.54) is 24.3 Å². The van der Waals surface area contributed by atoms with Gasteiger partial charge in [-0.15, -0.1) is 0 Å². The standard InChI is InChI=1S/C28H26F3N5O3S/c1-39-25-12-8-22(9-13-25)33-27(40)34(18-21-4-2-3-5-26(21)28(29,30)31)15-14-24-16-32-19-35(24)17-20-6-10-23(11-7-20)36(37)38/h2-13,16,19H,14-15,17-18H2,1H3,(H,33,40). The monoisotopic (exact) mass is 569 g/mol. The van der Waals surface area contributed by atoms with Gasteiger partial charge >= 0.3 is 6.18 Å². The summed E-state index contributed by atoms with van der Waals surface area (Å²) in [5.74, 6) is 0.661. The smallest absolute Gasteiger partial charge is 0.416 e. The highest BCUT2D eigenvalue weighted by atomic mass is 32.1. The largest absolute Gasteiger partial charge is 0.497 e. The molecule has 0 atom stereocenters. The number of nitrogens with one attached hydrogen (secondary N) is 1. The maximum atomic E-state index is 13.7. The molecule has 1 heterocycles. The minimum Gasteiger partial charge on any atom is -0.497 e. The number of halogens is 3. The van der Waals surface area contributed by atoms with Gasteiger partial charge in [-0.2, -0.15) is 13.2 Å². The van der Waals surface area contributed by atoms with E-state index >= 15 is 0 Å². The molecule has 8 nitrogen and oxygen atoms in total. The van der Waals surface area contributed by atoms with E-state index in [1.807, 2.05) is 4.57 Å². The van der Waals surface area contributed by atoms with Crippen LogP contribution in [-0.4, -0.2) is 38.1 Å². The third-order valence-electron chi connectivity index (χ3n) is 6.25. The molecule has 4 aromatic rings. The number of hydrogen-bond donors (Lipinski definition) is 1. The Bertz CT molecular complexity index is 1460. The van der Waals surface area contributed by atoms with E-state index in [0.29, 0.717) is 30.9 Å². The summed E-state index contributed by atoms with van der Waals surface area (Å²) in [6, 6.07) is 18.7. The lowest BCUT2D eigenvalue weighted by Crippen LogP contribution is -2.36. The molecule has 0 saturated heterocycles. The van der Waals surface area contributed by atoms with Gasteiger partial charge in [-0.1, -0.05) is 30.3 Å². The van der Waals surface area contributed by atoms with Gasteiger partial charge in [-0.25, -0.2) is 4.98 Å². The van der Waals surface area contributed by atoms with Gasteiger partial charge in [0.1, 0.15) is 5.75 Å². The Morgan fingerprint density at radius 3 is 2.45 bits per heavy atom. The Kier molecular flexibility index (Phi) is 9.00. The van der Waals surface area contributed by atoms with Gasteiger partial charge in [0.25, 0.3) is 5.69 Å². The Hall–Kier alpha value is -4.45. The average Bonchev–Trinajstić information content (AvgIpc) is 3.38. The molecule has 0 unspecified atom stereocenters. The molecule has 1 aromatic heterocycles. The Labute approximate surface area is 234 Å². The lowest BCUT2D eigenvalue weighted by Gasteiger charge is -2.27. The second-order valence-electron chi connectivity index (χ2n) is 8.92. The number of anilines is 1. The van der Waals surface area contributed by atoms with Crippen LogP contribution in [0.2, 0.25) is 0 Å². The Morgan fingerprint density at radius 2 is 1.80 bits per heavy atom. The molecule has 0 aliphatic carbocycles. The summed E-state index contributed by atoms with van der Waals surface area (Å²) in [6.07, 6.45) is -0.733. The van der Waals surface area contributed by atoms with Crippen LogP contribution in [0.3, 0.4) is 0 Å². The number of nitro benzene ring substituents is 1. The van der Waals surface area contributed by atoms with E-state index in [4.69, 9.17) is 17.0 Å². The van der Waals surface area contributed by atoms with Crippen LogP contribution >= 0.6 is 12.2 Å². The van der Waals surface area contributed by atoms with Crippen molar-refractivity contribution < 1.29 is 22.8 Å². The number of rotatable bonds is 10. The van der Waals surface area contributed by atoms with Gasteiger partial charge < -0.3 is 19.5 Å². The molecule has 40 heavy (non-hydrogen) atoms. The van der Waals surface area contributed by atoms with Crippen LogP contribution in [-0.2, 0) is 25.7 Å². The first-order valence-corrected chi connectivity index (χ1v) is 12.6. The minimum absolute atomic E-state index is 0.00209. The van der Waals surface area contributed by atoms with Crippen LogP contribution in [0, 0.1) is 10.1 Å². The van der Waals surface area contributed by atoms with Gasteiger partial charge in [0, 0.05) is 55.8 Å². The molecular formula is C28H26F3N5O3S. The van der Waals surface area contributed by atoms with Crippen molar-refractivity contribution in [2.24, 2.45) is 0 Å². The zero-order chi connectivity index (χ0) is 28.7. The number of ether oxygens (including phenoxy) is 1. The van der Waals surface area contributed by atoms with Crippen LogP contribution < -0.4 is 10.1 Å². The predicted molar refractivity (Wildman–Crippen MR) is 149 cm³/mol. The molecule has 0 radical (unpaired) electrons. The Balaban J connectivity index is 1.53. The third-order valence-corrected chi connectivity index (χ3v) is 6.61. The van der Waals surface area contributed by atoms with Crippen LogP contribution in [0.5, 0.6) is 5.75 Å². The molecule has 3 aromatic carbocycles. The third kappa shape index (κ3) is 7.35.